The van der Waals surface area contributed by atoms with Crippen LogP contribution in [-0.2, 0) is 5.41 Å². The van der Waals surface area contributed by atoms with Crippen LogP contribution in [0.15, 0.2) is 146 Å². The fourth-order valence-electron chi connectivity index (χ4n) is 7.77. The molecule has 1 aliphatic heterocycles. The Bertz CT molecular complexity index is 2430. The molecule has 1 atom stereocenters. The van der Waals surface area contributed by atoms with E-state index in [1.165, 1.54) is 69.9 Å². The van der Waals surface area contributed by atoms with Crippen molar-refractivity contribution in [1.82, 2.24) is 0 Å². The maximum absolute atomic E-state index is 6.79. The highest BCUT2D eigenvalue weighted by Gasteiger charge is 2.51. The third kappa shape index (κ3) is 3.01. The molecule has 1 aliphatic carbocycles. The number of hydrogen-bond donors (Lipinski definition) is 0. The van der Waals surface area contributed by atoms with Gasteiger partial charge in [-0.1, -0.05) is 121 Å². The summed E-state index contributed by atoms with van der Waals surface area (Å²) in [6.07, 6.45) is 0. The van der Waals surface area contributed by atoms with Gasteiger partial charge in [0.15, 0.2) is 0 Å². The van der Waals surface area contributed by atoms with Crippen molar-refractivity contribution < 1.29 is 4.74 Å². The zero-order valence-electron chi connectivity index (χ0n) is 23.2. The quantitative estimate of drug-likeness (QED) is 0.203. The first-order valence-corrected chi connectivity index (χ1v) is 15.6. The first kappa shape index (κ1) is 23.4. The highest BCUT2D eigenvalue weighted by atomic mass is 32.1. The van der Waals surface area contributed by atoms with Crippen molar-refractivity contribution in [2.75, 3.05) is 0 Å². The molecule has 0 fully saturated rings. The number of thiophene rings is 1. The fourth-order valence-corrected chi connectivity index (χ4v) is 8.93. The van der Waals surface area contributed by atoms with Gasteiger partial charge in [0.1, 0.15) is 11.5 Å². The van der Waals surface area contributed by atoms with Gasteiger partial charge < -0.3 is 4.74 Å². The van der Waals surface area contributed by atoms with Gasteiger partial charge in [0.05, 0.1) is 5.41 Å². The Morgan fingerprint density at radius 2 is 1.28 bits per heavy atom. The van der Waals surface area contributed by atoms with Crippen molar-refractivity contribution >= 4 is 42.3 Å². The van der Waals surface area contributed by atoms with E-state index in [0.29, 0.717) is 0 Å². The lowest BCUT2D eigenvalue weighted by Gasteiger charge is -2.39. The van der Waals surface area contributed by atoms with E-state index in [2.05, 4.69) is 146 Å². The summed E-state index contributed by atoms with van der Waals surface area (Å²) < 4.78 is 9.43. The van der Waals surface area contributed by atoms with Gasteiger partial charge in [-0.2, -0.15) is 0 Å². The SMILES string of the molecule is c1ccc(C23c4ccc(-c5ccc6c(c5)sc5ccc7ccccc7c56)cc4Oc4cccc(c42)-c2ccccc23)cc1. The number of rotatable bonds is 2. The van der Waals surface area contributed by atoms with E-state index in [9.17, 15) is 0 Å². The topological polar surface area (TPSA) is 9.23 Å². The Labute approximate surface area is 253 Å². The number of fused-ring (bicyclic) bond motifs is 10. The van der Waals surface area contributed by atoms with E-state index in [1.807, 2.05) is 11.3 Å². The highest BCUT2D eigenvalue weighted by Crippen LogP contribution is 2.63. The number of hydrogen-bond acceptors (Lipinski definition) is 2. The largest absolute Gasteiger partial charge is 0.457 e. The van der Waals surface area contributed by atoms with Crippen LogP contribution in [0, 0.1) is 0 Å². The molecule has 1 unspecified atom stereocenters. The summed E-state index contributed by atoms with van der Waals surface area (Å²) in [4.78, 5) is 0. The third-order valence-electron chi connectivity index (χ3n) is 9.53. The first-order chi connectivity index (χ1) is 21.3. The zero-order chi connectivity index (χ0) is 28.1. The Morgan fingerprint density at radius 1 is 0.488 bits per heavy atom. The fraction of sp³-hybridized carbons (Fsp3) is 0.0244. The van der Waals surface area contributed by atoms with E-state index in [4.69, 9.17) is 4.74 Å². The van der Waals surface area contributed by atoms with Crippen molar-refractivity contribution in [3.05, 3.63) is 168 Å². The van der Waals surface area contributed by atoms with Crippen molar-refractivity contribution in [3.8, 4) is 33.8 Å². The van der Waals surface area contributed by atoms with Gasteiger partial charge in [0.2, 0.25) is 0 Å². The minimum absolute atomic E-state index is 0.424. The monoisotopic (exact) mass is 564 g/mol. The molecule has 200 valence electrons. The summed E-state index contributed by atoms with van der Waals surface area (Å²) in [6, 6.07) is 53.3. The molecule has 0 amide bonds. The lowest BCUT2D eigenvalue weighted by atomic mass is 9.66. The molecule has 2 heterocycles. The maximum Gasteiger partial charge on any atom is 0.132 e. The minimum atomic E-state index is -0.424. The molecule has 7 aromatic carbocycles. The molecule has 43 heavy (non-hydrogen) atoms. The van der Waals surface area contributed by atoms with Gasteiger partial charge in [-0.3, -0.25) is 0 Å². The van der Waals surface area contributed by atoms with E-state index in [0.717, 1.165) is 17.1 Å². The second-order valence-corrected chi connectivity index (χ2v) is 12.7. The molecule has 0 saturated carbocycles. The third-order valence-corrected chi connectivity index (χ3v) is 10.6. The van der Waals surface area contributed by atoms with Crippen LogP contribution in [0.1, 0.15) is 22.3 Å². The predicted octanol–water partition coefficient (Wildman–Crippen LogP) is 11.3. The van der Waals surface area contributed by atoms with E-state index in [1.54, 1.807) is 0 Å². The summed E-state index contributed by atoms with van der Waals surface area (Å²) in [5.74, 6) is 1.86. The zero-order valence-corrected chi connectivity index (χ0v) is 24.0. The van der Waals surface area contributed by atoms with Gasteiger partial charge in [-0.15, -0.1) is 11.3 Å². The summed E-state index contributed by atoms with van der Waals surface area (Å²) in [5.41, 5.74) is 9.52. The van der Waals surface area contributed by atoms with Crippen LogP contribution in [0.3, 0.4) is 0 Å². The lowest BCUT2D eigenvalue weighted by Crippen LogP contribution is -2.31. The van der Waals surface area contributed by atoms with Crippen molar-refractivity contribution in [3.63, 3.8) is 0 Å². The molecule has 8 aromatic rings. The second kappa shape index (κ2) is 8.44. The molecule has 2 aliphatic rings. The summed E-state index contributed by atoms with van der Waals surface area (Å²) in [5, 5.41) is 5.29. The average molecular weight is 565 g/mol. The van der Waals surface area contributed by atoms with Crippen LogP contribution >= 0.6 is 11.3 Å². The molecular formula is C41H24OS. The van der Waals surface area contributed by atoms with Gasteiger partial charge >= 0.3 is 0 Å². The summed E-state index contributed by atoms with van der Waals surface area (Å²) >= 11 is 1.87. The number of benzene rings is 7. The highest BCUT2D eigenvalue weighted by molar-refractivity contribution is 7.26. The lowest BCUT2D eigenvalue weighted by molar-refractivity contribution is 0.438. The molecule has 1 aromatic heterocycles. The molecular weight excluding hydrogens is 541 g/mol. The van der Waals surface area contributed by atoms with Gasteiger partial charge in [0.25, 0.3) is 0 Å². The van der Waals surface area contributed by atoms with Crippen molar-refractivity contribution in [2.45, 2.75) is 5.41 Å². The standard InChI is InChI=1S/C41H24OS/c1-2-10-28(11-3-1)41-33-15-7-6-13-30(33)31-14-8-16-35(40(31)41)42-36-23-26(18-21-34(36)41)27-17-20-32-38(24-27)43-37-22-19-25-9-4-5-12-29(25)39(32)37/h1-24H. The van der Waals surface area contributed by atoms with Gasteiger partial charge in [0, 0.05) is 31.3 Å². The molecule has 10 rings (SSSR count). The predicted molar refractivity (Wildman–Crippen MR) is 180 cm³/mol. The minimum Gasteiger partial charge on any atom is -0.457 e. The molecule has 0 bridgehead atoms. The van der Waals surface area contributed by atoms with Crippen LogP contribution in [0.25, 0.3) is 53.2 Å². The normalized spacial score (nSPS) is 16.2. The molecule has 0 saturated heterocycles. The van der Waals surface area contributed by atoms with Gasteiger partial charge in [-0.25, -0.2) is 0 Å². The Hall–Kier alpha value is -5.18. The summed E-state index contributed by atoms with van der Waals surface area (Å²) in [6.45, 7) is 0. The van der Waals surface area contributed by atoms with E-state index in [-0.39, 0.29) is 0 Å². The molecule has 1 nitrogen and oxygen atoms in total. The van der Waals surface area contributed by atoms with Crippen LogP contribution < -0.4 is 4.74 Å². The Balaban J connectivity index is 1.20. The number of ether oxygens (including phenoxy) is 1. The van der Waals surface area contributed by atoms with Crippen molar-refractivity contribution in [2.24, 2.45) is 0 Å². The first-order valence-electron chi connectivity index (χ1n) is 14.8. The molecule has 2 heteroatoms. The Morgan fingerprint density at radius 3 is 2.23 bits per heavy atom. The van der Waals surface area contributed by atoms with Crippen LogP contribution in [0.5, 0.6) is 11.5 Å². The van der Waals surface area contributed by atoms with Crippen molar-refractivity contribution in [1.29, 1.82) is 0 Å². The molecule has 0 N–H and O–H groups in total. The summed E-state index contributed by atoms with van der Waals surface area (Å²) in [7, 11) is 0. The Kier molecular flexibility index (Phi) is 4.59. The molecule has 0 radical (unpaired) electrons. The second-order valence-electron chi connectivity index (χ2n) is 11.6. The average Bonchev–Trinajstić information content (AvgIpc) is 3.60. The van der Waals surface area contributed by atoms with E-state index < -0.39 is 5.41 Å². The van der Waals surface area contributed by atoms with Crippen LogP contribution in [0.4, 0.5) is 0 Å². The maximum atomic E-state index is 6.79. The smallest absolute Gasteiger partial charge is 0.132 e. The van der Waals surface area contributed by atoms with Gasteiger partial charge in [-0.05, 0) is 68.4 Å². The van der Waals surface area contributed by atoms with Crippen LogP contribution in [-0.4, -0.2) is 0 Å². The van der Waals surface area contributed by atoms with E-state index >= 15 is 0 Å². The van der Waals surface area contributed by atoms with Crippen LogP contribution in [0.2, 0.25) is 0 Å². The molecule has 0 spiro atoms.